The van der Waals surface area contributed by atoms with Crippen LogP contribution >= 0.6 is 0 Å². The quantitative estimate of drug-likeness (QED) is 0.558. The number of aryl methyl sites for hydroxylation is 1. The molecule has 1 aliphatic rings. The molecule has 0 radical (unpaired) electrons. The first-order chi connectivity index (χ1) is 15.1. The highest BCUT2D eigenvalue weighted by molar-refractivity contribution is 5.86. The number of aromatic amines is 1. The molecular weight excluding hydrogens is 390 g/mol. The molecule has 1 aromatic heterocycles. The zero-order chi connectivity index (χ0) is 21.8. The van der Waals surface area contributed by atoms with E-state index in [1.54, 1.807) is 7.11 Å². The Bertz CT molecular complexity index is 1040. The van der Waals surface area contributed by atoms with Crippen molar-refractivity contribution in [3.05, 3.63) is 70.4 Å². The minimum atomic E-state index is -0.265. The van der Waals surface area contributed by atoms with Gasteiger partial charge in [0, 0.05) is 43.3 Å². The van der Waals surface area contributed by atoms with Crippen molar-refractivity contribution in [2.45, 2.75) is 32.9 Å². The number of fused-ring (bicyclic) bond motifs is 3. The third-order valence-corrected chi connectivity index (χ3v) is 5.89. The van der Waals surface area contributed by atoms with Gasteiger partial charge >= 0.3 is 6.09 Å². The van der Waals surface area contributed by atoms with Crippen molar-refractivity contribution in [1.29, 1.82) is 0 Å². The van der Waals surface area contributed by atoms with Crippen LogP contribution in [-0.4, -0.2) is 49.4 Å². The number of ether oxygens (including phenoxy) is 2. The Balaban J connectivity index is 1.68. The molecule has 0 spiro atoms. The van der Waals surface area contributed by atoms with Gasteiger partial charge in [0.2, 0.25) is 0 Å². The largest absolute Gasteiger partial charge is 0.450 e. The molecule has 6 nitrogen and oxygen atoms in total. The van der Waals surface area contributed by atoms with Crippen molar-refractivity contribution >= 4 is 17.0 Å². The minimum absolute atomic E-state index is 0.189. The van der Waals surface area contributed by atoms with Crippen LogP contribution in [0.5, 0.6) is 0 Å². The molecule has 1 aliphatic heterocycles. The van der Waals surface area contributed by atoms with Gasteiger partial charge in [-0.2, -0.15) is 0 Å². The number of benzene rings is 2. The van der Waals surface area contributed by atoms with Gasteiger partial charge in [0.15, 0.2) is 0 Å². The van der Waals surface area contributed by atoms with Gasteiger partial charge in [-0.3, -0.25) is 4.90 Å². The van der Waals surface area contributed by atoms with Crippen molar-refractivity contribution in [1.82, 2.24) is 15.2 Å². The number of nitrogens with zero attached hydrogens (tertiary/aromatic N) is 1. The van der Waals surface area contributed by atoms with E-state index in [-0.39, 0.29) is 12.1 Å². The van der Waals surface area contributed by atoms with Crippen LogP contribution in [0.25, 0.3) is 10.9 Å². The summed E-state index contributed by atoms with van der Waals surface area (Å²) >= 11 is 0. The molecule has 2 heterocycles. The molecule has 31 heavy (non-hydrogen) atoms. The number of amides is 1. The van der Waals surface area contributed by atoms with Crippen LogP contribution in [0, 0.1) is 6.92 Å². The Morgan fingerprint density at radius 1 is 1.23 bits per heavy atom. The molecular formula is C25H31N3O3. The fourth-order valence-electron chi connectivity index (χ4n) is 4.38. The lowest BCUT2D eigenvalue weighted by Crippen LogP contribution is -2.41. The number of hydrogen-bond donors (Lipinski definition) is 2. The van der Waals surface area contributed by atoms with Gasteiger partial charge in [-0.25, -0.2) is 4.79 Å². The first-order valence-electron chi connectivity index (χ1n) is 10.9. The van der Waals surface area contributed by atoms with E-state index in [0.29, 0.717) is 19.8 Å². The van der Waals surface area contributed by atoms with Gasteiger partial charge in [-0.15, -0.1) is 0 Å². The summed E-state index contributed by atoms with van der Waals surface area (Å²) < 4.78 is 10.5. The smallest absolute Gasteiger partial charge is 0.410 e. The Morgan fingerprint density at radius 2 is 2.03 bits per heavy atom. The molecule has 0 saturated carbocycles. The second kappa shape index (κ2) is 9.54. The minimum Gasteiger partial charge on any atom is -0.450 e. The number of rotatable bonds is 7. The van der Waals surface area contributed by atoms with Crippen LogP contribution in [0.2, 0.25) is 0 Å². The predicted octanol–water partition coefficient (Wildman–Crippen LogP) is 4.32. The van der Waals surface area contributed by atoms with Crippen LogP contribution < -0.4 is 5.32 Å². The average Bonchev–Trinajstić information content (AvgIpc) is 3.14. The molecule has 3 aromatic rings. The molecule has 1 atom stereocenters. The van der Waals surface area contributed by atoms with E-state index < -0.39 is 0 Å². The average molecular weight is 422 g/mol. The summed E-state index contributed by atoms with van der Waals surface area (Å²) in [6, 6.07) is 14.8. The van der Waals surface area contributed by atoms with Gasteiger partial charge in [0.25, 0.3) is 0 Å². The molecule has 2 N–H and O–H groups in total. The normalized spacial score (nSPS) is 15.8. The first-order valence-corrected chi connectivity index (χ1v) is 10.9. The van der Waals surface area contributed by atoms with E-state index in [4.69, 9.17) is 9.47 Å². The number of carbonyl (C=O) groups is 1. The summed E-state index contributed by atoms with van der Waals surface area (Å²) in [6.45, 7) is 7.26. The van der Waals surface area contributed by atoms with Crippen molar-refractivity contribution in [3.8, 4) is 0 Å². The fraction of sp³-hybridized carbons (Fsp3) is 0.400. The van der Waals surface area contributed by atoms with Gasteiger partial charge in [-0.1, -0.05) is 35.9 Å². The maximum absolute atomic E-state index is 12.8. The molecule has 1 amide bonds. The van der Waals surface area contributed by atoms with Crippen LogP contribution in [-0.2, 0) is 22.4 Å². The van der Waals surface area contributed by atoms with Crippen LogP contribution in [0.4, 0.5) is 4.79 Å². The predicted molar refractivity (Wildman–Crippen MR) is 122 cm³/mol. The van der Waals surface area contributed by atoms with E-state index in [0.717, 1.165) is 36.3 Å². The van der Waals surface area contributed by atoms with Crippen molar-refractivity contribution in [2.24, 2.45) is 0 Å². The van der Waals surface area contributed by atoms with E-state index >= 15 is 0 Å². The van der Waals surface area contributed by atoms with Crippen LogP contribution in [0.1, 0.15) is 40.9 Å². The molecule has 0 saturated heterocycles. The second-order valence-electron chi connectivity index (χ2n) is 8.02. The highest BCUT2D eigenvalue weighted by atomic mass is 16.6. The lowest BCUT2D eigenvalue weighted by atomic mass is 9.92. The zero-order valence-corrected chi connectivity index (χ0v) is 18.5. The number of carbonyl (C=O) groups excluding carboxylic acids is 1. The first kappa shape index (κ1) is 21.4. The third-order valence-electron chi connectivity index (χ3n) is 5.89. The molecule has 6 heteroatoms. The van der Waals surface area contributed by atoms with Crippen molar-refractivity contribution in [2.75, 3.05) is 33.4 Å². The van der Waals surface area contributed by atoms with E-state index in [1.165, 1.54) is 22.1 Å². The van der Waals surface area contributed by atoms with Crippen LogP contribution in [0.3, 0.4) is 0 Å². The third kappa shape index (κ3) is 4.45. The van der Waals surface area contributed by atoms with Gasteiger partial charge in [0.05, 0.1) is 13.2 Å². The summed E-state index contributed by atoms with van der Waals surface area (Å²) in [5, 5.41) is 4.62. The number of hydrogen-bond acceptors (Lipinski definition) is 4. The fourth-order valence-corrected chi connectivity index (χ4v) is 4.38. The summed E-state index contributed by atoms with van der Waals surface area (Å²) in [7, 11) is 1.70. The Kier molecular flexibility index (Phi) is 6.59. The summed E-state index contributed by atoms with van der Waals surface area (Å²) in [4.78, 5) is 18.3. The number of nitrogens with one attached hydrogen (secondary N) is 2. The zero-order valence-electron chi connectivity index (χ0n) is 18.5. The van der Waals surface area contributed by atoms with E-state index in [2.05, 4.69) is 59.7 Å². The number of aromatic nitrogens is 1. The van der Waals surface area contributed by atoms with Crippen LogP contribution in [0.15, 0.2) is 42.5 Å². The Labute approximate surface area is 183 Å². The second-order valence-corrected chi connectivity index (χ2v) is 8.02. The van der Waals surface area contributed by atoms with Gasteiger partial charge < -0.3 is 19.8 Å². The molecule has 164 valence electrons. The number of H-pyrrole nitrogens is 1. The summed E-state index contributed by atoms with van der Waals surface area (Å²) in [5.74, 6) is 0. The standard InChI is InChI=1S/C25H31N3O3/c1-4-31-25(29)28-13-11-20-21-15-17(2)5-10-22(21)27-23(20)24(28)19-8-6-18(7-9-19)16-26-12-14-30-3/h5-10,15,24,26-27H,4,11-14,16H2,1-3H3. The summed E-state index contributed by atoms with van der Waals surface area (Å²) in [5.41, 5.74) is 7.03. The highest BCUT2D eigenvalue weighted by Crippen LogP contribution is 2.39. The molecule has 0 aliphatic carbocycles. The van der Waals surface area contributed by atoms with Crippen molar-refractivity contribution < 1.29 is 14.3 Å². The molecule has 2 aromatic carbocycles. The number of methoxy groups -OCH3 is 1. The SMILES string of the molecule is CCOC(=O)N1CCc2c([nH]c3ccc(C)cc23)C1c1ccc(CNCCOC)cc1. The highest BCUT2D eigenvalue weighted by Gasteiger charge is 2.35. The van der Waals surface area contributed by atoms with Crippen molar-refractivity contribution in [3.63, 3.8) is 0 Å². The lowest BCUT2D eigenvalue weighted by Gasteiger charge is -2.35. The molecule has 0 bridgehead atoms. The maximum Gasteiger partial charge on any atom is 0.410 e. The van der Waals surface area contributed by atoms with Gasteiger partial charge in [-0.05, 0) is 49.1 Å². The molecule has 1 unspecified atom stereocenters. The van der Waals surface area contributed by atoms with E-state index in [1.807, 2.05) is 11.8 Å². The Hall–Kier alpha value is -2.83. The molecule has 0 fully saturated rings. The lowest BCUT2D eigenvalue weighted by molar-refractivity contribution is 0.0932. The Morgan fingerprint density at radius 3 is 2.77 bits per heavy atom. The molecule has 4 rings (SSSR count). The maximum atomic E-state index is 12.8. The summed E-state index contributed by atoms with van der Waals surface area (Å²) in [6.07, 6.45) is 0.550. The monoisotopic (exact) mass is 421 g/mol. The topological polar surface area (TPSA) is 66.6 Å². The van der Waals surface area contributed by atoms with Gasteiger partial charge in [0.1, 0.15) is 6.04 Å². The van der Waals surface area contributed by atoms with E-state index in [9.17, 15) is 4.79 Å².